The van der Waals surface area contributed by atoms with Gasteiger partial charge in [0.25, 0.3) is 0 Å². The average molecular weight is 745 g/mol. The standard InChI is InChI=1S/C42H80O10/c1-3-5-7-9-11-13-14-15-16-17-18-19-20-21-22-23-25-27-29-31-38(45)51-35(33-49-37(44)30-28-26-24-12-10-8-6-4-2)34-50-42-41(48)40(47)39(46)36(32-43)52-42/h35-36,39-43,46-48H,3-34H2,1-2H3/t35-,36-,39+,40?,41?,42-/m1/s1. The van der Waals surface area contributed by atoms with Gasteiger partial charge in [0.2, 0.25) is 0 Å². The molecule has 1 heterocycles. The third-order valence-corrected chi connectivity index (χ3v) is 10.2. The van der Waals surface area contributed by atoms with Gasteiger partial charge in [-0.25, -0.2) is 0 Å². The lowest BCUT2D eigenvalue weighted by atomic mass is 9.99. The fourth-order valence-electron chi connectivity index (χ4n) is 6.78. The van der Waals surface area contributed by atoms with Crippen LogP contribution in [0.4, 0.5) is 0 Å². The lowest BCUT2D eigenvalue weighted by Gasteiger charge is -2.39. The third kappa shape index (κ3) is 25.7. The molecular weight excluding hydrogens is 664 g/mol. The first-order chi connectivity index (χ1) is 25.3. The zero-order valence-electron chi connectivity index (χ0n) is 33.3. The van der Waals surface area contributed by atoms with Crippen LogP contribution in [0, 0.1) is 0 Å². The topological polar surface area (TPSA) is 152 Å². The maximum Gasteiger partial charge on any atom is 0.306 e. The van der Waals surface area contributed by atoms with Crippen LogP contribution in [0.25, 0.3) is 0 Å². The first kappa shape index (κ1) is 48.7. The molecule has 308 valence electrons. The van der Waals surface area contributed by atoms with E-state index in [1.54, 1.807) is 0 Å². The van der Waals surface area contributed by atoms with E-state index in [1.165, 1.54) is 128 Å². The number of carbonyl (C=O) groups excluding carboxylic acids is 2. The average Bonchev–Trinajstić information content (AvgIpc) is 3.14. The molecule has 0 saturated carbocycles. The first-order valence-corrected chi connectivity index (χ1v) is 21.6. The predicted molar refractivity (Wildman–Crippen MR) is 206 cm³/mol. The van der Waals surface area contributed by atoms with E-state index < -0.39 is 49.4 Å². The highest BCUT2D eigenvalue weighted by Gasteiger charge is 2.44. The van der Waals surface area contributed by atoms with Crippen molar-refractivity contribution in [2.45, 2.75) is 237 Å². The van der Waals surface area contributed by atoms with Gasteiger partial charge in [-0.15, -0.1) is 0 Å². The Hall–Kier alpha value is -1.30. The molecular formula is C42H80O10. The van der Waals surface area contributed by atoms with Crippen LogP contribution in [0.15, 0.2) is 0 Å². The highest BCUT2D eigenvalue weighted by atomic mass is 16.7. The van der Waals surface area contributed by atoms with Crippen molar-refractivity contribution in [2.24, 2.45) is 0 Å². The van der Waals surface area contributed by atoms with Crippen molar-refractivity contribution in [1.29, 1.82) is 0 Å². The molecule has 1 saturated heterocycles. The number of rotatable bonds is 36. The normalized spacial score (nSPS) is 20.9. The van der Waals surface area contributed by atoms with Gasteiger partial charge in [-0.1, -0.05) is 174 Å². The zero-order chi connectivity index (χ0) is 38.1. The summed E-state index contributed by atoms with van der Waals surface area (Å²) in [6.45, 7) is 3.41. The summed E-state index contributed by atoms with van der Waals surface area (Å²) in [4.78, 5) is 25.2. The second-order valence-electron chi connectivity index (χ2n) is 15.2. The SMILES string of the molecule is CCCCCCCCCCCCCCCCCCCCCC(=O)O[C@H](COC(=O)CCCCCCCCCC)CO[C@@H]1O[C@H](CO)[C@H](O)C(O)C1O. The minimum Gasteiger partial charge on any atom is -0.462 e. The molecule has 4 N–H and O–H groups in total. The Bertz CT molecular complexity index is 825. The Morgan fingerprint density at radius 2 is 0.904 bits per heavy atom. The minimum atomic E-state index is -1.59. The van der Waals surface area contributed by atoms with E-state index in [9.17, 15) is 30.0 Å². The van der Waals surface area contributed by atoms with Gasteiger partial charge in [0, 0.05) is 12.8 Å². The molecule has 0 aromatic carbocycles. The molecule has 6 atom stereocenters. The minimum absolute atomic E-state index is 0.210. The van der Waals surface area contributed by atoms with E-state index in [0.717, 1.165) is 38.5 Å². The number of hydrogen-bond acceptors (Lipinski definition) is 10. The van der Waals surface area contributed by atoms with Crippen molar-refractivity contribution < 1.29 is 49.0 Å². The third-order valence-electron chi connectivity index (χ3n) is 10.2. The summed E-state index contributed by atoms with van der Waals surface area (Å²) in [5.41, 5.74) is 0. The fourth-order valence-corrected chi connectivity index (χ4v) is 6.78. The fraction of sp³-hybridized carbons (Fsp3) is 0.952. The molecule has 0 amide bonds. The molecule has 0 aromatic heterocycles. The van der Waals surface area contributed by atoms with Gasteiger partial charge in [0.1, 0.15) is 31.0 Å². The van der Waals surface area contributed by atoms with Gasteiger partial charge >= 0.3 is 11.9 Å². The number of ether oxygens (including phenoxy) is 4. The van der Waals surface area contributed by atoms with Crippen LogP contribution >= 0.6 is 0 Å². The van der Waals surface area contributed by atoms with Crippen LogP contribution in [0.5, 0.6) is 0 Å². The van der Waals surface area contributed by atoms with Crippen molar-refractivity contribution in [3.8, 4) is 0 Å². The number of aliphatic hydroxyl groups is 4. The summed E-state index contributed by atoms with van der Waals surface area (Å²) in [6.07, 6.45) is 25.6. The molecule has 0 aliphatic carbocycles. The number of carbonyl (C=O) groups is 2. The summed E-state index contributed by atoms with van der Waals surface area (Å²) >= 11 is 0. The number of unbranched alkanes of at least 4 members (excludes halogenated alkanes) is 25. The second kappa shape index (κ2) is 34.2. The monoisotopic (exact) mass is 745 g/mol. The molecule has 1 fully saturated rings. The van der Waals surface area contributed by atoms with E-state index >= 15 is 0 Å². The van der Waals surface area contributed by atoms with Crippen molar-refractivity contribution >= 4 is 11.9 Å². The smallest absolute Gasteiger partial charge is 0.306 e. The van der Waals surface area contributed by atoms with E-state index in [2.05, 4.69) is 13.8 Å². The molecule has 0 aromatic rings. The van der Waals surface area contributed by atoms with Crippen LogP contribution in [-0.2, 0) is 28.5 Å². The molecule has 0 bridgehead atoms. The van der Waals surface area contributed by atoms with Gasteiger partial charge in [-0.05, 0) is 12.8 Å². The van der Waals surface area contributed by atoms with Gasteiger partial charge in [-0.2, -0.15) is 0 Å². The van der Waals surface area contributed by atoms with Crippen LogP contribution in [-0.4, -0.2) is 89.0 Å². The van der Waals surface area contributed by atoms with Gasteiger partial charge in [0.05, 0.1) is 13.2 Å². The molecule has 1 aliphatic rings. The zero-order valence-corrected chi connectivity index (χ0v) is 33.3. The molecule has 0 radical (unpaired) electrons. The molecule has 1 rings (SSSR count). The molecule has 2 unspecified atom stereocenters. The summed E-state index contributed by atoms with van der Waals surface area (Å²) in [7, 11) is 0. The number of hydrogen-bond donors (Lipinski definition) is 4. The molecule has 52 heavy (non-hydrogen) atoms. The van der Waals surface area contributed by atoms with E-state index in [4.69, 9.17) is 18.9 Å². The summed E-state index contributed by atoms with van der Waals surface area (Å²) in [5.74, 6) is -0.799. The number of esters is 2. The highest BCUT2D eigenvalue weighted by Crippen LogP contribution is 2.23. The van der Waals surface area contributed by atoms with Crippen molar-refractivity contribution in [3.05, 3.63) is 0 Å². The van der Waals surface area contributed by atoms with Gasteiger partial charge in [-0.3, -0.25) is 9.59 Å². The predicted octanol–water partition coefficient (Wildman–Crippen LogP) is 8.61. The maximum atomic E-state index is 12.7. The Balaban J connectivity index is 2.27. The molecule has 10 nitrogen and oxygen atoms in total. The summed E-state index contributed by atoms with van der Waals surface area (Å²) in [6, 6.07) is 0. The molecule has 0 spiro atoms. The maximum absolute atomic E-state index is 12.7. The second-order valence-corrected chi connectivity index (χ2v) is 15.2. The summed E-state index contributed by atoms with van der Waals surface area (Å²) < 4.78 is 22.1. The largest absolute Gasteiger partial charge is 0.462 e. The Morgan fingerprint density at radius 1 is 0.519 bits per heavy atom. The lowest BCUT2D eigenvalue weighted by molar-refractivity contribution is -0.305. The first-order valence-electron chi connectivity index (χ1n) is 21.6. The van der Waals surface area contributed by atoms with Gasteiger partial charge < -0.3 is 39.4 Å². The summed E-state index contributed by atoms with van der Waals surface area (Å²) in [5, 5.41) is 39.9. The van der Waals surface area contributed by atoms with Crippen LogP contribution in [0.1, 0.15) is 200 Å². The molecule has 1 aliphatic heterocycles. The van der Waals surface area contributed by atoms with Crippen molar-refractivity contribution in [3.63, 3.8) is 0 Å². The van der Waals surface area contributed by atoms with Crippen LogP contribution < -0.4 is 0 Å². The Labute approximate surface area is 317 Å². The lowest BCUT2D eigenvalue weighted by Crippen LogP contribution is -2.59. The van der Waals surface area contributed by atoms with Crippen molar-refractivity contribution in [1.82, 2.24) is 0 Å². The van der Waals surface area contributed by atoms with Crippen LogP contribution in [0.3, 0.4) is 0 Å². The van der Waals surface area contributed by atoms with E-state index in [1.807, 2.05) is 0 Å². The van der Waals surface area contributed by atoms with E-state index in [0.29, 0.717) is 6.42 Å². The van der Waals surface area contributed by atoms with Gasteiger partial charge in [0.15, 0.2) is 12.4 Å². The quantitative estimate of drug-likeness (QED) is 0.0363. The Morgan fingerprint density at radius 3 is 1.31 bits per heavy atom. The van der Waals surface area contributed by atoms with Crippen molar-refractivity contribution in [2.75, 3.05) is 19.8 Å². The Kier molecular flexibility index (Phi) is 32.1. The number of aliphatic hydroxyl groups excluding tert-OH is 4. The van der Waals surface area contributed by atoms with E-state index in [-0.39, 0.29) is 32.0 Å². The molecule has 10 heteroatoms. The van der Waals surface area contributed by atoms with Crippen LogP contribution in [0.2, 0.25) is 0 Å². The highest BCUT2D eigenvalue weighted by molar-refractivity contribution is 5.70.